The Labute approximate surface area is 126 Å². The van der Waals surface area contributed by atoms with Crippen LogP contribution in [0.3, 0.4) is 0 Å². The summed E-state index contributed by atoms with van der Waals surface area (Å²) < 4.78 is 0.829. The summed E-state index contributed by atoms with van der Waals surface area (Å²) in [6, 6.07) is 8.99. The lowest BCUT2D eigenvalue weighted by Gasteiger charge is -2.05. The second-order valence-corrected chi connectivity index (χ2v) is 5.83. The molecule has 0 amide bonds. The van der Waals surface area contributed by atoms with Crippen molar-refractivity contribution in [2.45, 2.75) is 0 Å². The number of aromatic nitrogens is 2. The molecule has 20 heavy (non-hydrogen) atoms. The fourth-order valence-corrected chi connectivity index (χ4v) is 2.94. The molecule has 0 unspecified atom stereocenters. The summed E-state index contributed by atoms with van der Waals surface area (Å²) in [6.07, 6.45) is 0. The maximum absolute atomic E-state index is 12.2. The third-order valence-electron chi connectivity index (χ3n) is 2.81. The Bertz CT molecular complexity index is 812. The van der Waals surface area contributed by atoms with E-state index in [2.05, 4.69) is 25.9 Å². The Kier molecular flexibility index (Phi) is 3.42. The van der Waals surface area contributed by atoms with Gasteiger partial charge >= 0.3 is 0 Å². The van der Waals surface area contributed by atoms with Gasteiger partial charge in [0.25, 0.3) is 5.56 Å². The highest BCUT2D eigenvalue weighted by atomic mass is 79.9. The van der Waals surface area contributed by atoms with E-state index in [0.717, 1.165) is 10.0 Å². The first-order valence-electron chi connectivity index (χ1n) is 5.77. The maximum Gasteiger partial charge on any atom is 0.262 e. The second-order valence-electron chi connectivity index (χ2n) is 4.14. The average molecular weight is 349 g/mol. The van der Waals surface area contributed by atoms with Crippen LogP contribution in [0.25, 0.3) is 22.5 Å². The number of thiophene rings is 1. The Morgan fingerprint density at radius 1 is 1.25 bits per heavy atom. The van der Waals surface area contributed by atoms with E-state index >= 15 is 0 Å². The number of aromatic amines is 1. The zero-order valence-electron chi connectivity index (χ0n) is 10.1. The fourth-order valence-electron chi connectivity index (χ4n) is 1.90. The fraction of sp³-hybridized carbons (Fsp3) is 0. The number of hydrogen-bond acceptors (Lipinski definition) is 4. The highest BCUT2D eigenvalue weighted by Crippen LogP contribution is 2.28. The van der Waals surface area contributed by atoms with Gasteiger partial charge in [0, 0.05) is 15.4 Å². The van der Waals surface area contributed by atoms with Gasteiger partial charge in [-0.2, -0.15) is 16.3 Å². The van der Waals surface area contributed by atoms with E-state index in [4.69, 9.17) is 0 Å². The number of rotatable bonds is 2. The molecule has 0 spiro atoms. The summed E-state index contributed by atoms with van der Waals surface area (Å²) >= 11 is 4.84. The summed E-state index contributed by atoms with van der Waals surface area (Å²) in [7, 11) is 0. The first-order valence-corrected chi connectivity index (χ1v) is 7.50. The molecule has 0 bridgehead atoms. The smallest absolute Gasteiger partial charge is 0.262 e. The van der Waals surface area contributed by atoms with Crippen LogP contribution in [0.1, 0.15) is 0 Å². The Hall–Kier alpha value is -1.92. The molecule has 1 aromatic carbocycles. The van der Waals surface area contributed by atoms with Crippen molar-refractivity contribution in [3.05, 3.63) is 55.9 Å². The van der Waals surface area contributed by atoms with Crippen molar-refractivity contribution < 1.29 is 5.11 Å². The Balaban J connectivity index is 2.17. The van der Waals surface area contributed by atoms with E-state index in [0.29, 0.717) is 11.4 Å². The lowest BCUT2D eigenvalue weighted by Crippen LogP contribution is -2.11. The van der Waals surface area contributed by atoms with Crippen LogP contribution >= 0.6 is 27.3 Å². The third-order valence-corrected chi connectivity index (χ3v) is 3.98. The molecule has 2 N–H and O–H groups in total. The SMILES string of the molecule is O=c1[nH]c(-c2ccsc2)nc(O)c1-c1cccc(Br)c1. The van der Waals surface area contributed by atoms with Gasteiger partial charge in [-0.05, 0) is 29.1 Å². The van der Waals surface area contributed by atoms with Crippen LogP contribution < -0.4 is 5.56 Å². The molecule has 2 aromatic heterocycles. The van der Waals surface area contributed by atoms with Gasteiger partial charge in [-0.3, -0.25) is 4.79 Å². The number of hydrogen-bond donors (Lipinski definition) is 2. The summed E-state index contributed by atoms with van der Waals surface area (Å²) in [6.45, 7) is 0. The molecular weight excluding hydrogens is 340 g/mol. The van der Waals surface area contributed by atoms with Gasteiger partial charge in [-0.15, -0.1) is 0 Å². The normalized spacial score (nSPS) is 10.7. The van der Waals surface area contributed by atoms with E-state index in [1.807, 2.05) is 22.9 Å². The van der Waals surface area contributed by atoms with E-state index in [1.54, 1.807) is 18.2 Å². The van der Waals surface area contributed by atoms with Crippen LogP contribution in [0, 0.1) is 0 Å². The lowest BCUT2D eigenvalue weighted by molar-refractivity contribution is 0.454. The summed E-state index contributed by atoms with van der Waals surface area (Å²) in [4.78, 5) is 19.0. The molecule has 0 atom stereocenters. The van der Waals surface area contributed by atoms with Crippen LogP contribution in [0.2, 0.25) is 0 Å². The highest BCUT2D eigenvalue weighted by Gasteiger charge is 2.14. The summed E-state index contributed by atoms with van der Waals surface area (Å²) in [5.74, 6) is 0.0977. The maximum atomic E-state index is 12.2. The first kappa shape index (κ1) is 13.1. The van der Waals surface area contributed by atoms with Gasteiger partial charge in [-0.1, -0.05) is 28.1 Å². The molecule has 0 aliphatic heterocycles. The lowest BCUT2D eigenvalue weighted by atomic mass is 10.1. The zero-order valence-corrected chi connectivity index (χ0v) is 12.5. The van der Waals surface area contributed by atoms with Crippen molar-refractivity contribution >= 4 is 27.3 Å². The molecule has 3 rings (SSSR count). The number of H-pyrrole nitrogens is 1. The third kappa shape index (κ3) is 2.39. The molecule has 4 nitrogen and oxygen atoms in total. The van der Waals surface area contributed by atoms with Crippen molar-refractivity contribution in [3.63, 3.8) is 0 Å². The molecule has 0 radical (unpaired) electrons. The van der Waals surface area contributed by atoms with Crippen molar-refractivity contribution in [1.29, 1.82) is 0 Å². The van der Waals surface area contributed by atoms with Crippen molar-refractivity contribution in [2.75, 3.05) is 0 Å². The minimum atomic E-state index is -0.364. The largest absolute Gasteiger partial charge is 0.493 e. The van der Waals surface area contributed by atoms with E-state index in [1.165, 1.54) is 11.3 Å². The summed E-state index contributed by atoms with van der Waals surface area (Å²) in [5, 5.41) is 13.8. The van der Waals surface area contributed by atoms with E-state index in [-0.39, 0.29) is 17.0 Å². The van der Waals surface area contributed by atoms with E-state index < -0.39 is 0 Å². The Morgan fingerprint density at radius 3 is 2.75 bits per heavy atom. The number of nitrogens with zero attached hydrogens (tertiary/aromatic N) is 1. The molecule has 2 heterocycles. The molecule has 0 saturated carbocycles. The predicted molar refractivity (Wildman–Crippen MR) is 83.0 cm³/mol. The number of halogens is 1. The molecule has 3 aromatic rings. The second kappa shape index (κ2) is 5.22. The molecular formula is C14H9BrN2O2S. The molecule has 100 valence electrons. The highest BCUT2D eigenvalue weighted by molar-refractivity contribution is 9.10. The predicted octanol–water partition coefficient (Wildman–Crippen LogP) is 3.63. The molecule has 0 saturated heterocycles. The quantitative estimate of drug-likeness (QED) is 0.742. The van der Waals surface area contributed by atoms with Gasteiger partial charge < -0.3 is 10.1 Å². The molecule has 6 heteroatoms. The Morgan fingerprint density at radius 2 is 2.10 bits per heavy atom. The van der Waals surface area contributed by atoms with Crippen LogP contribution in [-0.4, -0.2) is 15.1 Å². The van der Waals surface area contributed by atoms with Gasteiger partial charge in [0.05, 0.1) is 0 Å². The number of nitrogens with one attached hydrogen (secondary N) is 1. The van der Waals surface area contributed by atoms with Gasteiger partial charge in [0.15, 0.2) is 0 Å². The summed E-state index contributed by atoms with van der Waals surface area (Å²) in [5.41, 5.74) is 1.20. The minimum absolute atomic E-state index is 0.172. The zero-order chi connectivity index (χ0) is 14.1. The van der Waals surface area contributed by atoms with Crippen molar-refractivity contribution in [3.8, 4) is 28.4 Å². The topological polar surface area (TPSA) is 66.0 Å². The standard InChI is InChI=1S/C14H9BrN2O2S/c15-10-3-1-2-8(6-10)11-13(18)16-12(17-14(11)19)9-4-5-20-7-9/h1-7H,(H2,16,17,18,19). The van der Waals surface area contributed by atoms with Gasteiger partial charge in [0.2, 0.25) is 5.88 Å². The number of aromatic hydroxyl groups is 1. The monoisotopic (exact) mass is 348 g/mol. The van der Waals surface area contributed by atoms with Crippen molar-refractivity contribution in [1.82, 2.24) is 9.97 Å². The molecule has 0 aliphatic rings. The molecule has 0 fully saturated rings. The van der Waals surface area contributed by atoms with Gasteiger partial charge in [-0.25, -0.2) is 0 Å². The van der Waals surface area contributed by atoms with E-state index in [9.17, 15) is 9.90 Å². The van der Waals surface area contributed by atoms with Gasteiger partial charge in [0.1, 0.15) is 11.4 Å². The number of benzene rings is 1. The van der Waals surface area contributed by atoms with Crippen LogP contribution in [-0.2, 0) is 0 Å². The van der Waals surface area contributed by atoms with Crippen LogP contribution in [0.5, 0.6) is 5.88 Å². The van der Waals surface area contributed by atoms with Crippen LogP contribution in [0.15, 0.2) is 50.4 Å². The minimum Gasteiger partial charge on any atom is -0.493 e. The first-order chi connectivity index (χ1) is 9.65. The average Bonchev–Trinajstić information content (AvgIpc) is 2.91. The van der Waals surface area contributed by atoms with Crippen molar-refractivity contribution in [2.24, 2.45) is 0 Å². The van der Waals surface area contributed by atoms with Crippen LogP contribution in [0.4, 0.5) is 0 Å². The molecule has 0 aliphatic carbocycles.